The zero-order chi connectivity index (χ0) is 35.8. The highest BCUT2D eigenvalue weighted by Gasteiger charge is 2.63. The second-order valence-electron chi connectivity index (χ2n) is 14.6. The quantitative estimate of drug-likeness (QED) is 0.201. The standard InChI is InChI=1S/C39H55N5O5S/c1-7-14-28(24-42(5)8-2)40-38(46)39-23-33(39)32-22-29(49-6)18-20-30(32)36-35(26-15-12-11-13-16-26)31-19-17-27(21-34(31)44(36)25-39)37(45)41-50(47,48)43(9-3)10-4/h17-22,26,28,33H,7-16,23-25H2,1-6H3,(H,40,46)(H,41,45). The molecule has 0 saturated heterocycles. The fourth-order valence-electron chi connectivity index (χ4n) is 8.64. The van der Waals surface area contributed by atoms with Crippen LogP contribution < -0.4 is 14.8 Å². The van der Waals surface area contributed by atoms with Gasteiger partial charge in [0, 0.05) is 60.2 Å². The molecule has 2 saturated carbocycles. The predicted octanol–water partition coefficient (Wildman–Crippen LogP) is 6.40. The van der Waals surface area contributed by atoms with Crippen LogP contribution in [0.1, 0.15) is 112 Å². The lowest BCUT2D eigenvalue weighted by atomic mass is 9.81. The van der Waals surface area contributed by atoms with Crippen molar-refractivity contribution < 1.29 is 22.7 Å². The summed E-state index contributed by atoms with van der Waals surface area (Å²) in [6.07, 6.45) is 8.32. The lowest BCUT2D eigenvalue weighted by Gasteiger charge is -2.27. The van der Waals surface area contributed by atoms with E-state index in [4.69, 9.17) is 4.74 Å². The van der Waals surface area contributed by atoms with E-state index < -0.39 is 21.5 Å². The number of methoxy groups -OCH3 is 1. The van der Waals surface area contributed by atoms with E-state index in [-0.39, 0.29) is 36.5 Å². The van der Waals surface area contributed by atoms with Gasteiger partial charge in [0.2, 0.25) is 5.91 Å². The maximum atomic E-state index is 14.6. The third-order valence-corrected chi connectivity index (χ3v) is 13.2. The van der Waals surface area contributed by atoms with Crippen LogP contribution in [-0.2, 0) is 21.5 Å². The van der Waals surface area contributed by atoms with Gasteiger partial charge < -0.3 is 19.5 Å². The fourth-order valence-corrected chi connectivity index (χ4v) is 9.80. The molecule has 2 fully saturated rings. The number of fused-ring (bicyclic) bond motifs is 7. The van der Waals surface area contributed by atoms with Crippen molar-refractivity contribution >= 4 is 32.9 Å². The summed E-state index contributed by atoms with van der Waals surface area (Å²) in [5.41, 5.74) is 5.13. The maximum absolute atomic E-state index is 14.6. The van der Waals surface area contributed by atoms with E-state index in [1.807, 2.05) is 18.2 Å². The van der Waals surface area contributed by atoms with Gasteiger partial charge >= 0.3 is 10.2 Å². The molecule has 0 radical (unpaired) electrons. The predicted molar refractivity (Wildman–Crippen MR) is 199 cm³/mol. The van der Waals surface area contributed by atoms with E-state index in [9.17, 15) is 18.0 Å². The van der Waals surface area contributed by atoms with E-state index in [2.05, 4.69) is 52.5 Å². The molecule has 2 aliphatic carbocycles. The van der Waals surface area contributed by atoms with Crippen molar-refractivity contribution in [2.75, 3.05) is 40.3 Å². The zero-order valence-corrected chi connectivity index (χ0v) is 31.5. The SMILES string of the molecule is CCCC(CN(C)CC)NC(=O)C12CC1c1cc(OC)ccc1-c1c(C3CCCCC3)c3ccc(C(=O)NS(=O)(=O)N(CC)CC)cc3n1C2. The molecule has 2 heterocycles. The van der Waals surface area contributed by atoms with Gasteiger partial charge in [-0.05, 0) is 86.7 Å². The highest BCUT2D eigenvalue weighted by Crippen LogP contribution is 2.65. The average Bonchev–Trinajstić information content (AvgIpc) is 3.78. The Morgan fingerprint density at radius 1 is 1.02 bits per heavy atom. The number of hydrogen-bond acceptors (Lipinski definition) is 6. The Labute approximate surface area is 298 Å². The molecule has 272 valence electrons. The molecule has 2 amide bonds. The molecule has 3 atom stereocenters. The van der Waals surface area contributed by atoms with Gasteiger partial charge in [-0.3, -0.25) is 9.59 Å². The first-order valence-corrected chi connectivity index (χ1v) is 20.1. The second-order valence-corrected chi connectivity index (χ2v) is 16.3. The third kappa shape index (κ3) is 6.68. The molecule has 3 aromatic rings. The summed E-state index contributed by atoms with van der Waals surface area (Å²) in [5, 5.41) is 4.56. The molecular formula is C39H55N5O5S. The molecule has 0 spiro atoms. The van der Waals surface area contributed by atoms with Gasteiger partial charge in [-0.25, -0.2) is 4.72 Å². The van der Waals surface area contributed by atoms with Crippen LogP contribution in [0, 0.1) is 5.41 Å². The minimum Gasteiger partial charge on any atom is -0.497 e. The van der Waals surface area contributed by atoms with Gasteiger partial charge in [0.15, 0.2) is 0 Å². The Morgan fingerprint density at radius 3 is 2.42 bits per heavy atom. The minimum atomic E-state index is -4.00. The smallest absolute Gasteiger partial charge is 0.304 e. The van der Waals surface area contributed by atoms with Crippen molar-refractivity contribution in [3.8, 4) is 17.0 Å². The van der Waals surface area contributed by atoms with Crippen molar-refractivity contribution in [2.45, 2.75) is 103 Å². The van der Waals surface area contributed by atoms with E-state index in [1.165, 1.54) is 16.3 Å². The Hall–Kier alpha value is -3.41. The molecule has 2 N–H and O–H groups in total. The number of benzene rings is 2. The maximum Gasteiger partial charge on any atom is 0.304 e. The molecule has 1 aromatic heterocycles. The van der Waals surface area contributed by atoms with Crippen LogP contribution >= 0.6 is 0 Å². The summed E-state index contributed by atoms with van der Waals surface area (Å²) in [4.78, 5) is 30.5. The fraction of sp³-hybridized carbons (Fsp3) is 0.590. The van der Waals surface area contributed by atoms with Crippen molar-refractivity contribution in [1.29, 1.82) is 0 Å². The van der Waals surface area contributed by atoms with Crippen molar-refractivity contribution in [2.24, 2.45) is 5.41 Å². The van der Waals surface area contributed by atoms with E-state index in [0.29, 0.717) is 12.5 Å². The van der Waals surface area contributed by atoms with Gasteiger partial charge in [0.1, 0.15) is 5.75 Å². The Kier molecular flexibility index (Phi) is 10.7. The first kappa shape index (κ1) is 36.4. The molecular weight excluding hydrogens is 651 g/mol. The molecule has 3 unspecified atom stereocenters. The number of amides is 2. The summed E-state index contributed by atoms with van der Waals surface area (Å²) in [7, 11) is -0.223. The average molecular weight is 706 g/mol. The van der Waals surface area contributed by atoms with Gasteiger partial charge in [-0.2, -0.15) is 12.7 Å². The first-order chi connectivity index (χ1) is 24.0. The molecule has 1 aliphatic heterocycles. The Bertz CT molecular complexity index is 1840. The summed E-state index contributed by atoms with van der Waals surface area (Å²) in [6.45, 7) is 10.5. The van der Waals surface area contributed by atoms with E-state index in [1.54, 1.807) is 27.0 Å². The number of nitrogens with one attached hydrogen (secondary N) is 2. The van der Waals surface area contributed by atoms with Gasteiger partial charge in [-0.1, -0.05) is 59.4 Å². The topological polar surface area (TPSA) is 113 Å². The zero-order valence-electron chi connectivity index (χ0n) is 30.7. The molecule has 6 rings (SSSR count). The molecule has 2 aromatic carbocycles. The first-order valence-electron chi connectivity index (χ1n) is 18.7. The number of carbonyl (C=O) groups excluding carboxylic acids is 2. The largest absolute Gasteiger partial charge is 0.497 e. The highest BCUT2D eigenvalue weighted by molar-refractivity contribution is 7.87. The number of aromatic nitrogens is 1. The molecule has 3 aliphatic rings. The lowest BCUT2D eigenvalue weighted by Crippen LogP contribution is -2.46. The van der Waals surface area contributed by atoms with Crippen molar-refractivity contribution in [3.63, 3.8) is 0 Å². The Balaban J connectivity index is 1.51. The lowest BCUT2D eigenvalue weighted by molar-refractivity contribution is -0.127. The minimum absolute atomic E-state index is 0.0265. The number of ether oxygens (including phenoxy) is 1. The van der Waals surface area contributed by atoms with Gasteiger partial charge in [0.25, 0.3) is 5.91 Å². The van der Waals surface area contributed by atoms with Crippen LogP contribution in [-0.4, -0.2) is 80.4 Å². The van der Waals surface area contributed by atoms with Crippen LogP contribution in [0.4, 0.5) is 0 Å². The molecule has 0 bridgehead atoms. The highest BCUT2D eigenvalue weighted by atomic mass is 32.2. The van der Waals surface area contributed by atoms with Crippen molar-refractivity contribution in [1.82, 2.24) is 23.8 Å². The summed E-state index contributed by atoms with van der Waals surface area (Å²) in [5.74, 6) is 0.561. The van der Waals surface area contributed by atoms with Crippen LogP contribution in [0.3, 0.4) is 0 Å². The Morgan fingerprint density at radius 2 is 1.76 bits per heavy atom. The van der Waals surface area contributed by atoms with Gasteiger partial charge in [0.05, 0.1) is 18.2 Å². The monoisotopic (exact) mass is 705 g/mol. The van der Waals surface area contributed by atoms with Gasteiger partial charge in [-0.15, -0.1) is 0 Å². The van der Waals surface area contributed by atoms with Crippen LogP contribution in [0.15, 0.2) is 36.4 Å². The summed E-state index contributed by atoms with van der Waals surface area (Å²) >= 11 is 0. The third-order valence-electron chi connectivity index (χ3n) is 11.5. The van der Waals surface area contributed by atoms with E-state index >= 15 is 0 Å². The molecule has 50 heavy (non-hydrogen) atoms. The summed E-state index contributed by atoms with van der Waals surface area (Å²) < 4.78 is 37.6. The number of nitrogens with zero attached hydrogens (tertiary/aromatic N) is 3. The second kappa shape index (κ2) is 14.7. The molecule has 11 heteroatoms. The van der Waals surface area contributed by atoms with Crippen LogP contribution in [0.2, 0.25) is 0 Å². The van der Waals surface area contributed by atoms with Crippen LogP contribution in [0.5, 0.6) is 5.75 Å². The van der Waals surface area contributed by atoms with E-state index in [0.717, 1.165) is 91.5 Å². The number of carbonyl (C=O) groups is 2. The number of likely N-dealkylation sites (N-methyl/N-ethyl adjacent to an activating group) is 1. The molecule has 10 nitrogen and oxygen atoms in total. The number of hydrogen-bond donors (Lipinski definition) is 2. The van der Waals surface area contributed by atoms with Crippen LogP contribution in [0.25, 0.3) is 22.2 Å². The van der Waals surface area contributed by atoms with Crippen molar-refractivity contribution in [3.05, 3.63) is 53.1 Å². The number of rotatable bonds is 14. The normalized spacial score (nSPS) is 20.9. The summed E-state index contributed by atoms with van der Waals surface area (Å²) in [6, 6.07) is 11.9.